The predicted molar refractivity (Wildman–Crippen MR) is 51.2 cm³/mol. The zero-order valence-electron chi connectivity index (χ0n) is 5.11. The van der Waals surface area contributed by atoms with E-state index in [1.54, 1.807) is 12.1 Å². The van der Waals surface area contributed by atoms with E-state index in [0.29, 0.717) is 4.47 Å². The quantitative estimate of drug-likeness (QED) is 0.624. The minimum absolute atomic E-state index is 0. The molecule has 0 saturated heterocycles. The summed E-state index contributed by atoms with van der Waals surface area (Å²) in [6, 6.07) is 3.38. The summed E-state index contributed by atoms with van der Waals surface area (Å²) >= 11 is 9.77. The molecule has 0 saturated carbocycles. The molecule has 5 heteroatoms. The number of phenolic OH excluding ortho intramolecular Hbond substituents is 1. The van der Waals surface area contributed by atoms with Crippen LogP contribution in [0.5, 0.6) is 5.75 Å². The van der Waals surface area contributed by atoms with Gasteiger partial charge in [0.1, 0.15) is 5.75 Å². The van der Waals surface area contributed by atoms with Gasteiger partial charge in [0.15, 0.2) is 0 Å². The summed E-state index contributed by atoms with van der Waals surface area (Å²) in [5, 5.41) is 9.13. The molecule has 1 nitrogen and oxygen atoms in total. The molecule has 0 aliphatic carbocycles. The molecule has 0 unspecified atom stereocenters. The maximum atomic E-state index is 9.13. The first-order valence-corrected chi connectivity index (χ1v) is 4.83. The monoisotopic (exact) mass is 407 g/mol. The van der Waals surface area contributed by atoms with Crippen LogP contribution in [0, 0.1) is 0 Å². The number of hydrogen-bond acceptors (Lipinski definition) is 1. The molecule has 0 fully saturated rings. The van der Waals surface area contributed by atoms with Gasteiger partial charge in [0.25, 0.3) is 0 Å². The Hall–Kier alpha value is 0.940. The molecule has 1 N–H and O–H groups in total. The Morgan fingerprint density at radius 2 is 1.55 bits per heavy atom. The number of phenols is 1. The van der Waals surface area contributed by atoms with Crippen molar-refractivity contribution in [1.82, 2.24) is 0 Å². The van der Waals surface area contributed by atoms with E-state index in [1.807, 2.05) is 0 Å². The summed E-state index contributed by atoms with van der Waals surface area (Å²) in [6.07, 6.45) is 0. The molecule has 0 heterocycles. The van der Waals surface area contributed by atoms with Crippen molar-refractivity contribution in [2.45, 2.75) is 0 Å². The molecular weight excluding hydrogens is 408 g/mol. The topological polar surface area (TPSA) is 20.2 Å². The Bertz CT molecular complexity index is 234. The van der Waals surface area contributed by atoms with Crippen LogP contribution < -0.4 is 17.0 Å². The maximum absolute atomic E-state index is 9.13. The lowest BCUT2D eigenvalue weighted by Crippen LogP contribution is -3.00. The SMILES string of the molecule is Oc1ccc(Br)c(Br)c1Br.[Br-]. The first-order valence-electron chi connectivity index (χ1n) is 2.45. The first-order chi connectivity index (χ1) is 4.63. The Balaban J connectivity index is 0.000001000. The molecule has 0 aliphatic heterocycles. The van der Waals surface area contributed by atoms with Crippen LogP contribution in [0.2, 0.25) is 0 Å². The fourth-order valence-corrected chi connectivity index (χ4v) is 1.79. The third kappa shape index (κ3) is 2.72. The average Bonchev–Trinajstić information content (AvgIpc) is 1.93. The molecule has 0 aromatic heterocycles. The van der Waals surface area contributed by atoms with Crippen molar-refractivity contribution >= 4 is 47.8 Å². The van der Waals surface area contributed by atoms with Crippen LogP contribution in [0.4, 0.5) is 0 Å². The first kappa shape index (κ1) is 11.9. The van der Waals surface area contributed by atoms with Gasteiger partial charge in [-0.15, -0.1) is 0 Å². The predicted octanol–water partition coefficient (Wildman–Crippen LogP) is 0.684. The van der Waals surface area contributed by atoms with E-state index < -0.39 is 0 Å². The van der Waals surface area contributed by atoms with Crippen molar-refractivity contribution in [3.63, 3.8) is 0 Å². The smallest absolute Gasteiger partial charge is 0.130 e. The van der Waals surface area contributed by atoms with Gasteiger partial charge in [0.05, 0.1) is 4.47 Å². The lowest BCUT2D eigenvalue weighted by molar-refractivity contribution is -0.00000270. The molecule has 0 amide bonds. The molecule has 1 aromatic rings. The fraction of sp³-hybridized carbons (Fsp3) is 0. The number of benzene rings is 1. The highest BCUT2D eigenvalue weighted by molar-refractivity contribution is 9.14. The zero-order valence-corrected chi connectivity index (χ0v) is 11.5. The van der Waals surface area contributed by atoms with E-state index in [1.165, 1.54) is 0 Å². The zero-order chi connectivity index (χ0) is 7.72. The normalized spacial score (nSPS) is 9.00. The summed E-state index contributed by atoms with van der Waals surface area (Å²) in [4.78, 5) is 0. The number of aromatic hydroxyl groups is 1. The molecule has 0 aliphatic rings. The molecule has 0 bridgehead atoms. The minimum Gasteiger partial charge on any atom is -1.00 e. The lowest BCUT2D eigenvalue weighted by atomic mass is 10.3. The molecule has 11 heavy (non-hydrogen) atoms. The third-order valence-electron chi connectivity index (χ3n) is 1.01. The standard InChI is InChI=1S/C6H3Br3O.BrH/c7-3-1-2-4(10)6(9)5(3)8;/h1-2,10H;1H/p-1. The number of hydrogen-bond donors (Lipinski definition) is 1. The van der Waals surface area contributed by atoms with Crippen LogP contribution in [0.25, 0.3) is 0 Å². The van der Waals surface area contributed by atoms with E-state index in [9.17, 15) is 0 Å². The average molecular weight is 411 g/mol. The van der Waals surface area contributed by atoms with Crippen molar-refractivity contribution in [3.05, 3.63) is 25.6 Å². The summed E-state index contributed by atoms with van der Waals surface area (Å²) in [5.41, 5.74) is 0. The highest BCUT2D eigenvalue weighted by atomic mass is 79.9. The van der Waals surface area contributed by atoms with Crippen molar-refractivity contribution in [3.8, 4) is 5.75 Å². The maximum Gasteiger partial charge on any atom is 0.130 e. The van der Waals surface area contributed by atoms with Gasteiger partial charge in [-0.05, 0) is 59.9 Å². The van der Waals surface area contributed by atoms with Gasteiger partial charge in [0.2, 0.25) is 0 Å². The Kier molecular flexibility index (Phi) is 5.26. The molecular formula is C6H3Br4O-. The van der Waals surface area contributed by atoms with Crippen LogP contribution >= 0.6 is 47.8 Å². The lowest BCUT2D eigenvalue weighted by Gasteiger charge is -2.00. The van der Waals surface area contributed by atoms with E-state index >= 15 is 0 Å². The Labute approximate surface area is 100 Å². The van der Waals surface area contributed by atoms with Crippen molar-refractivity contribution in [1.29, 1.82) is 0 Å². The molecule has 0 radical (unpaired) electrons. The second-order valence-corrected chi connectivity index (χ2v) is 4.13. The molecule has 1 rings (SSSR count). The fourth-order valence-electron chi connectivity index (χ4n) is 0.516. The van der Waals surface area contributed by atoms with E-state index in [0.717, 1.165) is 8.95 Å². The van der Waals surface area contributed by atoms with E-state index in [2.05, 4.69) is 47.8 Å². The third-order valence-corrected chi connectivity index (χ3v) is 4.37. The summed E-state index contributed by atoms with van der Waals surface area (Å²) in [7, 11) is 0. The molecule has 62 valence electrons. The second kappa shape index (κ2) is 4.84. The van der Waals surface area contributed by atoms with Crippen LogP contribution in [0.1, 0.15) is 0 Å². The van der Waals surface area contributed by atoms with Crippen molar-refractivity contribution < 1.29 is 22.1 Å². The van der Waals surface area contributed by atoms with Crippen LogP contribution in [-0.4, -0.2) is 5.11 Å². The molecule has 0 spiro atoms. The van der Waals surface area contributed by atoms with Gasteiger partial charge in [-0.1, -0.05) is 0 Å². The Morgan fingerprint density at radius 1 is 1.00 bits per heavy atom. The largest absolute Gasteiger partial charge is 1.00 e. The van der Waals surface area contributed by atoms with Gasteiger partial charge in [0, 0.05) is 8.95 Å². The van der Waals surface area contributed by atoms with Gasteiger partial charge < -0.3 is 22.1 Å². The summed E-state index contributed by atoms with van der Waals surface area (Å²) in [6.45, 7) is 0. The van der Waals surface area contributed by atoms with E-state index in [4.69, 9.17) is 5.11 Å². The minimum atomic E-state index is 0. The van der Waals surface area contributed by atoms with Gasteiger partial charge in [-0.25, -0.2) is 0 Å². The van der Waals surface area contributed by atoms with Gasteiger partial charge >= 0.3 is 0 Å². The molecule has 0 atom stereocenters. The van der Waals surface area contributed by atoms with Crippen molar-refractivity contribution in [2.75, 3.05) is 0 Å². The Morgan fingerprint density at radius 3 is 2.00 bits per heavy atom. The number of rotatable bonds is 0. The molecule has 1 aromatic carbocycles. The van der Waals surface area contributed by atoms with Gasteiger partial charge in [-0.3, -0.25) is 0 Å². The van der Waals surface area contributed by atoms with Crippen molar-refractivity contribution in [2.24, 2.45) is 0 Å². The van der Waals surface area contributed by atoms with E-state index in [-0.39, 0.29) is 22.7 Å². The highest BCUT2D eigenvalue weighted by Gasteiger charge is 2.04. The van der Waals surface area contributed by atoms with Gasteiger partial charge in [-0.2, -0.15) is 0 Å². The highest BCUT2D eigenvalue weighted by Crippen LogP contribution is 2.36. The summed E-state index contributed by atoms with van der Waals surface area (Å²) in [5.74, 6) is 0.232. The van der Waals surface area contributed by atoms with Crippen LogP contribution in [-0.2, 0) is 0 Å². The van der Waals surface area contributed by atoms with Crippen LogP contribution in [0.15, 0.2) is 25.6 Å². The number of halogens is 4. The summed E-state index contributed by atoms with van der Waals surface area (Å²) < 4.78 is 2.41. The second-order valence-electron chi connectivity index (χ2n) is 1.69. The van der Waals surface area contributed by atoms with Crippen LogP contribution in [0.3, 0.4) is 0 Å².